The number of nitrogens with one attached hydrogen (secondary N) is 1. The molecule has 1 amide bonds. The SMILES string of the molecule is CCCCCCCCCCCCCCOc1c(CC(=O)Nc2cccc(-c3scc[n+]3C)c2)cccc1C(C)=O. The second kappa shape index (κ2) is 17.6. The summed E-state index contributed by atoms with van der Waals surface area (Å²) in [7, 11) is 2.01. The van der Waals surface area contributed by atoms with Crippen molar-refractivity contribution in [2.45, 2.75) is 97.3 Å². The zero-order chi connectivity index (χ0) is 28.6. The van der Waals surface area contributed by atoms with Crippen molar-refractivity contribution >= 4 is 28.7 Å². The Morgan fingerprint density at radius 1 is 0.875 bits per heavy atom. The van der Waals surface area contributed by atoms with E-state index in [1.165, 1.54) is 64.2 Å². The lowest BCUT2D eigenvalue weighted by Gasteiger charge is -2.15. The Hall–Kier alpha value is -2.99. The van der Waals surface area contributed by atoms with Gasteiger partial charge in [-0.05, 0) is 37.6 Å². The van der Waals surface area contributed by atoms with E-state index in [0.29, 0.717) is 17.9 Å². The first-order chi connectivity index (χ1) is 19.5. The lowest BCUT2D eigenvalue weighted by atomic mass is 10.0. The summed E-state index contributed by atoms with van der Waals surface area (Å²) in [5.74, 6) is 0.361. The Morgan fingerprint density at radius 2 is 1.52 bits per heavy atom. The molecule has 40 heavy (non-hydrogen) atoms. The second-order valence-corrected chi connectivity index (χ2v) is 11.6. The molecule has 1 heterocycles. The first-order valence-corrected chi connectivity index (χ1v) is 16.0. The number of Topliss-reactive ketones (excluding diaryl/α,β-unsaturated/α-hetero) is 1. The number of rotatable bonds is 19. The van der Waals surface area contributed by atoms with Crippen LogP contribution in [-0.2, 0) is 18.3 Å². The third-order valence-electron chi connectivity index (χ3n) is 7.25. The average Bonchev–Trinajstić information content (AvgIpc) is 3.37. The van der Waals surface area contributed by atoms with Crippen molar-refractivity contribution in [2.24, 2.45) is 7.05 Å². The van der Waals surface area contributed by atoms with E-state index < -0.39 is 0 Å². The quantitative estimate of drug-likeness (QED) is 0.0901. The number of thiazole rings is 1. The normalized spacial score (nSPS) is 11.0. The fourth-order valence-corrected chi connectivity index (χ4v) is 5.87. The number of aromatic nitrogens is 1. The second-order valence-electron chi connectivity index (χ2n) is 10.7. The van der Waals surface area contributed by atoms with Gasteiger partial charge in [0.05, 0.1) is 29.5 Å². The number of anilines is 1. The predicted octanol–water partition coefficient (Wildman–Crippen LogP) is 8.70. The predicted molar refractivity (Wildman–Crippen MR) is 166 cm³/mol. The third-order valence-corrected chi connectivity index (χ3v) is 8.25. The molecule has 2 aromatic carbocycles. The summed E-state index contributed by atoms with van der Waals surface area (Å²) >= 11 is 1.66. The van der Waals surface area contributed by atoms with Crippen molar-refractivity contribution < 1.29 is 18.9 Å². The van der Waals surface area contributed by atoms with Crippen molar-refractivity contribution in [3.05, 3.63) is 65.2 Å². The molecule has 0 aliphatic rings. The van der Waals surface area contributed by atoms with E-state index in [9.17, 15) is 9.59 Å². The first kappa shape index (κ1) is 31.5. The number of hydrogen-bond acceptors (Lipinski definition) is 4. The highest BCUT2D eigenvalue weighted by atomic mass is 32.1. The van der Waals surface area contributed by atoms with Crippen LogP contribution in [0.5, 0.6) is 5.75 Å². The van der Waals surface area contributed by atoms with Crippen LogP contribution in [0.4, 0.5) is 5.69 Å². The molecule has 0 unspecified atom stereocenters. The molecule has 0 saturated carbocycles. The number of ether oxygens (including phenoxy) is 1. The number of nitrogens with zero attached hydrogens (tertiary/aromatic N) is 1. The third kappa shape index (κ3) is 10.5. The van der Waals surface area contributed by atoms with Gasteiger partial charge in [-0.25, -0.2) is 0 Å². The van der Waals surface area contributed by atoms with Gasteiger partial charge < -0.3 is 10.1 Å². The minimum Gasteiger partial charge on any atom is -0.493 e. The first-order valence-electron chi connectivity index (χ1n) is 15.1. The zero-order valence-corrected chi connectivity index (χ0v) is 25.5. The molecule has 0 fully saturated rings. The largest absolute Gasteiger partial charge is 0.493 e. The monoisotopic (exact) mass is 563 g/mol. The molecule has 3 rings (SSSR count). The van der Waals surface area contributed by atoms with E-state index in [2.05, 4.69) is 16.8 Å². The Morgan fingerprint density at radius 3 is 2.15 bits per heavy atom. The minimum absolute atomic E-state index is 0.0523. The van der Waals surface area contributed by atoms with E-state index in [4.69, 9.17) is 4.74 Å². The molecule has 1 aromatic heterocycles. The Labute approximate surface area is 245 Å². The fraction of sp³-hybridized carbons (Fsp3) is 0.500. The topological polar surface area (TPSA) is 59.3 Å². The number of carbonyl (C=O) groups excluding carboxylic acids is 2. The number of para-hydroxylation sites is 1. The molecule has 5 nitrogen and oxygen atoms in total. The molecular weight excluding hydrogens is 516 g/mol. The Bertz CT molecular complexity index is 1200. The number of unbranched alkanes of at least 4 members (excludes halogenated alkanes) is 11. The summed E-state index contributed by atoms with van der Waals surface area (Å²) in [4.78, 5) is 25.3. The number of benzene rings is 2. The summed E-state index contributed by atoms with van der Waals surface area (Å²) < 4.78 is 8.22. The highest BCUT2D eigenvalue weighted by molar-refractivity contribution is 7.12. The van der Waals surface area contributed by atoms with Crippen LogP contribution in [0.1, 0.15) is 107 Å². The standard InChI is InChI=1S/C34H46N2O3S/c1-4-5-6-7-8-9-10-11-12-13-14-15-23-39-33-28(18-17-21-31(33)27(2)37)26-32(38)35-30-20-16-19-29(25-30)34-36(3)22-24-40-34/h16-22,24-25H,4-15,23,26H2,1-3H3/p+1. The lowest BCUT2D eigenvalue weighted by Crippen LogP contribution is -2.26. The molecule has 0 spiro atoms. The van der Waals surface area contributed by atoms with Gasteiger partial charge >= 0.3 is 0 Å². The molecular formula is C34H47N2O3S+. The average molecular weight is 564 g/mol. The van der Waals surface area contributed by atoms with Gasteiger partial charge in [-0.15, -0.1) is 0 Å². The van der Waals surface area contributed by atoms with Crippen LogP contribution in [-0.4, -0.2) is 18.3 Å². The molecule has 6 heteroatoms. The molecule has 3 aromatic rings. The number of amides is 1. The smallest absolute Gasteiger partial charge is 0.268 e. The van der Waals surface area contributed by atoms with E-state index in [1.807, 2.05) is 55.0 Å². The van der Waals surface area contributed by atoms with Gasteiger partial charge in [0.2, 0.25) is 5.91 Å². The van der Waals surface area contributed by atoms with Gasteiger partial charge in [-0.2, -0.15) is 4.57 Å². The number of aryl methyl sites for hydroxylation is 1. The van der Waals surface area contributed by atoms with Gasteiger partial charge in [0.15, 0.2) is 12.0 Å². The van der Waals surface area contributed by atoms with E-state index in [0.717, 1.165) is 34.7 Å². The summed E-state index contributed by atoms with van der Waals surface area (Å²) in [6.45, 7) is 4.36. The Kier molecular flexibility index (Phi) is 13.9. The molecule has 0 aliphatic carbocycles. The fourth-order valence-electron chi connectivity index (χ4n) is 5.01. The summed E-state index contributed by atoms with van der Waals surface area (Å²) in [6, 6.07) is 13.4. The van der Waals surface area contributed by atoms with Gasteiger partial charge in [0.1, 0.15) is 12.8 Å². The molecule has 0 bridgehead atoms. The van der Waals surface area contributed by atoms with Gasteiger partial charge in [-0.1, -0.05) is 107 Å². The van der Waals surface area contributed by atoms with Gasteiger partial charge in [0.25, 0.3) is 5.01 Å². The highest BCUT2D eigenvalue weighted by Gasteiger charge is 2.17. The maximum Gasteiger partial charge on any atom is 0.268 e. The van der Waals surface area contributed by atoms with E-state index in [1.54, 1.807) is 24.3 Å². The van der Waals surface area contributed by atoms with Gasteiger partial charge in [-0.3, -0.25) is 9.59 Å². The zero-order valence-electron chi connectivity index (χ0n) is 24.7. The molecule has 0 aliphatic heterocycles. The van der Waals surface area contributed by atoms with Crippen LogP contribution in [0.3, 0.4) is 0 Å². The molecule has 1 N–H and O–H groups in total. The van der Waals surface area contributed by atoms with Crippen LogP contribution in [0.15, 0.2) is 54.0 Å². The van der Waals surface area contributed by atoms with Crippen molar-refractivity contribution in [3.8, 4) is 16.3 Å². The number of ketones is 1. The summed E-state index contributed by atoms with van der Waals surface area (Å²) in [6.07, 6.45) is 17.6. The molecule has 0 saturated heterocycles. The maximum absolute atomic E-state index is 13.0. The van der Waals surface area contributed by atoms with Crippen LogP contribution < -0.4 is 14.6 Å². The maximum atomic E-state index is 13.0. The van der Waals surface area contributed by atoms with Gasteiger partial charge in [0, 0.05) is 11.3 Å². The van der Waals surface area contributed by atoms with Crippen molar-refractivity contribution in [1.29, 1.82) is 0 Å². The highest BCUT2D eigenvalue weighted by Crippen LogP contribution is 2.27. The summed E-state index contributed by atoms with van der Waals surface area (Å²) in [5.41, 5.74) is 3.08. The summed E-state index contributed by atoms with van der Waals surface area (Å²) in [5, 5.41) is 6.19. The van der Waals surface area contributed by atoms with Crippen molar-refractivity contribution in [1.82, 2.24) is 0 Å². The van der Waals surface area contributed by atoms with Crippen LogP contribution >= 0.6 is 11.3 Å². The van der Waals surface area contributed by atoms with E-state index >= 15 is 0 Å². The molecule has 0 atom stereocenters. The number of hydrogen-bond donors (Lipinski definition) is 1. The molecule has 0 radical (unpaired) electrons. The van der Waals surface area contributed by atoms with Crippen molar-refractivity contribution in [2.75, 3.05) is 11.9 Å². The van der Waals surface area contributed by atoms with E-state index in [-0.39, 0.29) is 18.1 Å². The van der Waals surface area contributed by atoms with Crippen molar-refractivity contribution in [3.63, 3.8) is 0 Å². The minimum atomic E-state index is -0.136. The Balaban J connectivity index is 1.46. The number of carbonyl (C=O) groups is 2. The van der Waals surface area contributed by atoms with Crippen LogP contribution in [0, 0.1) is 0 Å². The molecule has 216 valence electrons. The van der Waals surface area contributed by atoms with Crippen LogP contribution in [0.25, 0.3) is 10.6 Å². The van der Waals surface area contributed by atoms with Crippen LogP contribution in [0.2, 0.25) is 0 Å². The lowest BCUT2D eigenvalue weighted by molar-refractivity contribution is -0.655.